The van der Waals surface area contributed by atoms with Crippen LogP contribution < -0.4 is 5.32 Å². The number of halogens is 2. The van der Waals surface area contributed by atoms with Crippen molar-refractivity contribution in [2.24, 2.45) is 0 Å². The molecule has 0 aliphatic rings. The highest BCUT2D eigenvalue weighted by molar-refractivity contribution is 9.10. The van der Waals surface area contributed by atoms with E-state index in [9.17, 15) is 9.18 Å². The number of hydrogen-bond donors (Lipinski definition) is 2. The highest BCUT2D eigenvalue weighted by atomic mass is 79.9. The van der Waals surface area contributed by atoms with Gasteiger partial charge in [-0.25, -0.2) is 4.39 Å². The Bertz CT molecular complexity index is 904. The number of fused-ring (bicyclic) bond motifs is 1. The molecule has 3 aromatic rings. The van der Waals surface area contributed by atoms with E-state index < -0.39 is 0 Å². The van der Waals surface area contributed by atoms with E-state index in [1.165, 1.54) is 6.07 Å². The second-order valence-electron chi connectivity index (χ2n) is 5.91. The summed E-state index contributed by atoms with van der Waals surface area (Å²) < 4.78 is 14.8. The third-order valence-corrected chi connectivity index (χ3v) is 4.66. The van der Waals surface area contributed by atoms with Crippen LogP contribution in [0.4, 0.5) is 4.39 Å². The fourth-order valence-electron chi connectivity index (χ4n) is 2.94. The molecule has 2 aromatic carbocycles. The van der Waals surface area contributed by atoms with Gasteiger partial charge in [0.15, 0.2) is 0 Å². The van der Waals surface area contributed by atoms with Gasteiger partial charge >= 0.3 is 0 Å². The topological polar surface area (TPSA) is 44.9 Å². The molecule has 2 N–H and O–H groups in total. The first kappa shape index (κ1) is 16.7. The number of aromatic nitrogens is 1. The summed E-state index contributed by atoms with van der Waals surface area (Å²) in [4.78, 5) is 15.7. The normalized spacial score (nSPS) is 12.3. The molecule has 0 fully saturated rings. The fourth-order valence-corrected chi connectivity index (χ4v) is 3.30. The molecule has 0 aliphatic heterocycles. The first-order chi connectivity index (χ1) is 11.5. The Balaban J connectivity index is 1.79. The van der Waals surface area contributed by atoms with E-state index in [0.29, 0.717) is 5.56 Å². The molecule has 124 valence electrons. The standard InChI is InChI=1S/C19H18BrFN2O/c1-11(14-5-3-4-6-17(14)21)23-19(24)10-15-12(2)22-18-8-7-13(20)9-16(15)18/h3-9,11,22H,10H2,1-2H3,(H,23,24). The van der Waals surface area contributed by atoms with Crippen molar-refractivity contribution in [2.45, 2.75) is 26.3 Å². The van der Waals surface area contributed by atoms with Gasteiger partial charge in [0.05, 0.1) is 12.5 Å². The summed E-state index contributed by atoms with van der Waals surface area (Å²) in [5, 5.41) is 3.90. The van der Waals surface area contributed by atoms with Crippen molar-refractivity contribution in [2.75, 3.05) is 0 Å². The maximum atomic E-state index is 13.8. The maximum absolute atomic E-state index is 13.8. The number of aryl methyl sites for hydroxylation is 1. The molecule has 1 unspecified atom stereocenters. The van der Waals surface area contributed by atoms with Crippen molar-refractivity contribution >= 4 is 32.7 Å². The van der Waals surface area contributed by atoms with Gasteiger partial charge in [-0.15, -0.1) is 0 Å². The second-order valence-corrected chi connectivity index (χ2v) is 6.82. The zero-order chi connectivity index (χ0) is 17.3. The highest BCUT2D eigenvalue weighted by Crippen LogP contribution is 2.26. The third-order valence-electron chi connectivity index (χ3n) is 4.17. The van der Waals surface area contributed by atoms with E-state index in [2.05, 4.69) is 26.2 Å². The minimum atomic E-state index is -0.379. The zero-order valence-electron chi connectivity index (χ0n) is 13.5. The van der Waals surface area contributed by atoms with Crippen molar-refractivity contribution in [1.29, 1.82) is 0 Å². The summed E-state index contributed by atoms with van der Waals surface area (Å²) in [6.07, 6.45) is 0.251. The molecule has 0 saturated carbocycles. The molecule has 3 rings (SSSR count). The van der Waals surface area contributed by atoms with E-state index in [1.807, 2.05) is 25.1 Å². The molecule has 3 nitrogen and oxygen atoms in total. The van der Waals surface area contributed by atoms with Crippen LogP contribution in [0.3, 0.4) is 0 Å². The van der Waals surface area contributed by atoms with Crippen LogP contribution in [-0.2, 0) is 11.2 Å². The van der Waals surface area contributed by atoms with E-state index >= 15 is 0 Å². The Morgan fingerprint density at radius 1 is 1.29 bits per heavy atom. The molecule has 0 saturated heterocycles. The van der Waals surface area contributed by atoms with Crippen LogP contribution in [0.15, 0.2) is 46.9 Å². The molecule has 1 aromatic heterocycles. The first-order valence-electron chi connectivity index (χ1n) is 7.76. The van der Waals surface area contributed by atoms with E-state index in [-0.39, 0.29) is 24.2 Å². The van der Waals surface area contributed by atoms with Crippen LogP contribution in [0.25, 0.3) is 10.9 Å². The first-order valence-corrected chi connectivity index (χ1v) is 8.55. The summed E-state index contributed by atoms with van der Waals surface area (Å²) in [6.45, 7) is 3.74. The summed E-state index contributed by atoms with van der Waals surface area (Å²) in [5.41, 5.74) is 3.42. The van der Waals surface area contributed by atoms with E-state index in [0.717, 1.165) is 26.6 Å². The van der Waals surface area contributed by atoms with Crippen LogP contribution in [0.1, 0.15) is 29.8 Å². The predicted octanol–water partition coefficient (Wildman–Crippen LogP) is 4.80. The highest BCUT2D eigenvalue weighted by Gasteiger charge is 2.16. The van der Waals surface area contributed by atoms with Gasteiger partial charge in [-0.3, -0.25) is 4.79 Å². The number of rotatable bonds is 4. The Morgan fingerprint density at radius 2 is 2.04 bits per heavy atom. The third kappa shape index (κ3) is 3.36. The van der Waals surface area contributed by atoms with Gasteiger partial charge in [-0.05, 0) is 43.7 Å². The number of carbonyl (C=O) groups is 1. The maximum Gasteiger partial charge on any atom is 0.224 e. The van der Waals surface area contributed by atoms with Crippen LogP contribution in [0.2, 0.25) is 0 Å². The van der Waals surface area contributed by atoms with Crippen molar-refractivity contribution in [3.63, 3.8) is 0 Å². The van der Waals surface area contributed by atoms with Crippen LogP contribution >= 0.6 is 15.9 Å². The van der Waals surface area contributed by atoms with Crippen LogP contribution in [0.5, 0.6) is 0 Å². The summed E-state index contributed by atoms with van der Waals surface area (Å²) >= 11 is 3.46. The number of aromatic amines is 1. The van der Waals surface area contributed by atoms with Gasteiger partial charge in [0, 0.05) is 26.6 Å². The molecule has 1 atom stereocenters. The minimum absolute atomic E-state index is 0.130. The van der Waals surface area contributed by atoms with Crippen molar-refractivity contribution < 1.29 is 9.18 Å². The lowest BCUT2D eigenvalue weighted by atomic mass is 10.1. The monoisotopic (exact) mass is 388 g/mol. The molecular formula is C19H18BrFN2O. The molecule has 1 heterocycles. The lowest BCUT2D eigenvalue weighted by Crippen LogP contribution is -2.28. The van der Waals surface area contributed by atoms with E-state index in [1.54, 1.807) is 25.1 Å². The van der Waals surface area contributed by atoms with Gasteiger partial charge in [-0.2, -0.15) is 0 Å². The predicted molar refractivity (Wildman–Crippen MR) is 97.4 cm³/mol. The summed E-state index contributed by atoms with van der Waals surface area (Å²) in [6, 6.07) is 12.1. The Hall–Kier alpha value is -2.14. The molecule has 1 amide bonds. The van der Waals surface area contributed by atoms with Gasteiger partial charge in [0.1, 0.15) is 5.82 Å². The van der Waals surface area contributed by atoms with Gasteiger partial charge in [-0.1, -0.05) is 34.1 Å². The lowest BCUT2D eigenvalue weighted by molar-refractivity contribution is -0.121. The minimum Gasteiger partial charge on any atom is -0.358 e. The van der Waals surface area contributed by atoms with Crippen LogP contribution in [-0.4, -0.2) is 10.9 Å². The Labute approximate surface area is 148 Å². The molecule has 5 heteroatoms. The van der Waals surface area contributed by atoms with Gasteiger partial charge in [0.25, 0.3) is 0 Å². The molecule has 0 radical (unpaired) electrons. The SMILES string of the molecule is Cc1[nH]c2ccc(Br)cc2c1CC(=O)NC(C)c1ccccc1F. The number of amides is 1. The second kappa shape index (κ2) is 6.77. The average molecular weight is 389 g/mol. The molecular weight excluding hydrogens is 371 g/mol. The number of hydrogen-bond acceptors (Lipinski definition) is 1. The smallest absolute Gasteiger partial charge is 0.224 e. The van der Waals surface area contributed by atoms with Crippen molar-refractivity contribution in [1.82, 2.24) is 10.3 Å². The molecule has 0 aliphatic carbocycles. The van der Waals surface area contributed by atoms with Crippen molar-refractivity contribution in [3.8, 4) is 0 Å². The zero-order valence-corrected chi connectivity index (χ0v) is 15.1. The molecule has 0 spiro atoms. The van der Waals surface area contributed by atoms with Gasteiger partial charge < -0.3 is 10.3 Å². The summed E-state index contributed by atoms with van der Waals surface area (Å²) in [7, 11) is 0. The largest absolute Gasteiger partial charge is 0.358 e. The number of carbonyl (C=O) groups excluding carboxylic acids is 1. The average Bonchev–Trinajstić information content (AvgIpc) is 2.83. The lowest BCUT2D eigenvalue weighted by Gasteiger charge is -2.15. The van der Waals surface area contributed by atoms with Gasteiger partial charge in [0.2, 0.25) is 5.91 Å². The Kier molecular flexibility index (Phi) is 4.71. The quantitative estimate of drug-likeness (QED) is 0.662. The number of H-pyrrole nitrogens is 1. The number of benzene rings is 2. The number of nitrogens with one attached hydrogen (secondary N) is 2. The fraction of sp³-hybridized carbons (Fsp3) is 0.211. The Morgan fingerprint density at radius 3 is 2.79 bits per heavy atom. The summed E-state index contributed by atoms with van der Waals surface area (Å²) in [5.74, 6) is -0.438. The molecule has 24 heavy (non-hydrogen) atoms. The van der Waals surface area contributed by atoms with E-state index in [4.69, 9.17) is 0 Å². The molecule has 0 bridgehead atoms. The van der Waals surface area contributed by atoms with Crippen molar-refractivity contribution in [3.05, 3.63) is 69.6 Å². The van der Waals surface area contributed by atoms with Crippen LogP contribution in [0, 0.1) is 12.7 Å².